The van der Waals surface area contributed by atoms with E-state index in [1.165, 1.54) is 0 Å². The zero-order valence-corrected chi connectivity index (χ0v) is 16.1. The standard InChI is InChI=1S/C23H21N3O3/c1-2-10-25-18-8-7-15(24)12-17(18)23-26-19-11-14(6-9-20(19)29-23)16-4-3-5-21-22(16)28-13-27-21/h3-9,11-12,25H,2,10,13,24H2,1H3. The Morgan fingerprint density at radius 2 is 1.97 bits per heavy atom. The number of ether oxygens (including phenoxy) is 2. The summed E-state index contributed by atoms with van der Waals surface area (Å²) in [7, 11) is 0. The molecule has 1 aliphatic heterocycles. The van der Waals surface area contributed by atoms with Gasteiger partial charge in [-0.25, -0.2) is 4.98 Å². The number of hydrogen-bond donors (Lipinski definition) is 2. The van der Waals surface area contributed by atoms with Crippen LogP contribution < -0.4 is 20.5 Å². The maximum Gasteiger partial charge on any atom is 0.231 e. The van der Waals surface area contributed by atoms with Gasteiger partial charge >= 0.3 is 0 Å². The normalized spacial score (nSPS) is 12.4. The van der Waals surface area contributed by atoms with Gasteiger partial charge < -0.3 is 24.9 Å². The number of aromatic nitrogens is 1. The van der Waals surface area contributed by atoms with E-state index in [0.717, 1.165) is 57.9 Å². The number of fused-ring (bicyclic) bond motifs is 2. The molecule has 0 aliphatic carbocycles. The molecular weight excluding hydrogens is 366 g/mol. The first-order chi connectivity index (χ1) is 14.2. The van der Waals surface area contributed by atoms with Crippen LogP contribution in [0.5, 0.6) is 11.5 Å². The first-order valence-corrected chi connectivity index (χ1v) is 9.66. The lowest BCUT2D eigenvalue weighted by Gasteiger charge is -2.09. The van der Waals surface area contributed by atoms with Crippen molar-refractivity contribution in [2.45, 2.75) is 13.3 Å². The lowest BCUT2D eigenvalue weighted by Crippen LogP contribution is -2.02. The molecule has 3 aromatic carbocycles. The van der Waals surface area contributed by atoms with Gasteiger partial charge in [-0.2, -0.15) is 0 Å². The minimum absolute atomic E-state index is 0.242. The van der Waals surface area contributed by atoms with Crippen LogP contribution in [0.25, 0.3) is 33.7 Å². The van der Waals surface area contributed by atoms with Crippen molar-refractivity contribution in [3.63, 3.8) is 0 Å². The molecule has 1 aromatic heterocycles. The Labute approximate surface area is 168 Å². The molecule has 2 heterocycles. The van der Waals surface area contributed by atoms with Gasteiger partial charge in [-0.15, -0.1) is 0 Å². The lowest BCUT2D eigenvalue weighted by molar-refractivity contribution is 0.174. The van der Waals surface area contributed by atoms with E-state index in [9.17, 15) is 0 Å². The second-order valence-electron chi connectivity index (χ2n) is 6.97. The highest BCUT2D eigenvalue weighted by molar-refractivity contribution is 5.86. The van der Waals surface area contributed by atoms with Gasteiger partial charge in [-0.3, -0.25) is 0 Å². The average molecular weight is 387 g/mol. The van der Waals surface area contributed by atoms with E-state index in [2.05, 4.69) is 12.2 Å². The fourth-order valence-corrected chi connectivity index (χ4v) is 3.52. The van der Waals surface area contributed by atoms with Crippen molar-refractivity contribution in [1.82, 2.24) is 4.98 Å². The number of anilines is 2. The van der Waals surface area contributed by atoms with E-state index in [1.54, 1.807) is 0 Å². The van der Waals surface area contributed by atoms with Gasteiger partial charge in [0.25, 0.3) is 0 Å². The number of rotatable bonds is 5. The summed E-state index contributed by atoms with van der Waals surface area (Å²) in [5.74, 6) is 2.06. The van der Waals surface area contributed by atoms with Crippen LogP contribution >= 0.6 is 0 Å². The Morgan fingerprint density at radius 3 is 2.86 bits per heavy atom. The van der Waals surface area contributed by atoms with Crippen LogP contribution in [0.1, 0.15) is 13.3 Å². The molecule has 4 aromatic rings. The minimum Gasteiger partial charge on any atom is -0.454 e. The summed E-state index contributed by atoms with van der Waals surface area (Å²) in [6.07, 6.45) is 1.02. The fraction of sp³-hybridized carbons (Fsp3) is 0.174. The van der Waals surface area contributed by atoms with Crippen LogP contribution in [0, 0.1) is 0 Å². The molecule has 6 heteroatoms. The van der Waals surface area contributed by atoms with E-state index in [1.807, 2.05) is 54.6 Å². The fourth-order valence-electron chi connectivity index (χ4n) is 3.52. The molecule has 0 unspecified atom stereocenters. The summed E-state index contributed by atoms with van der Waals surface area (Å²) < 4.78 is 17.2. The first-order valence-electron chi connectivity index (χ1n) is 9.66. The Hall–Kier alpha value is -3.67. The summed E-state index contributed by atoms with van der Waals surface area (Å²) in [6, 6.07) is 17.5. The summed E-state index contributed by atoms with van der Waals surface area (Å²) in [4.78, 5) is 4.74. The molecule has 0 spiro atoms. The molecule has 0 atom stereocenters. The molecule has 0 amide bonds. The summed E-state index contributed by atoms with van der Waals surface area (Å²) >= 11 is 0. The highest BCUT2D eigenvalue weighted by Gasteiger charge is 2.19. The zero-order valence-electron chi connectivity index (χ0n) is 16.1. The van der Waals surface area contributed by atoms with Crippen LogP contribution in [0.4, 0.5) is 11.4 Å². The van der Waals surface area contributed by atoms with Gasteiger partial charge in [-0.1, -0.05) is 25.1 Å². The molecule has 1 aliphatic rings. The van der Waals surface area contributed by atoms with Crippen molar-refractivity contribution in [3.05, 3.63) is 54.6 Å². The summed E-state index contributed by atoms with van der Waals surface area (Å²) in [5.41, 5.74) is 12.0. The first kappa shape index (κ1) is 17.4. The lowest BCUT2D eigenvalue weighted by atomic mass is 10.0. The number of nitrogens with two attached hydrogens (primary N) is 1. The van der Waals surface area contributed by atoms with Crippen LogP contribution in [0.3, 0.4) is 0 Å². The van der Waals surface area contributed by atoms with Gasteiger partial charge in [0, 0.05) is 23.5 Å². The van der Waals surface area contributed by atoms with E-state index in [4.69, 9.17) is 24.6 Å². The third kappa shape index (κ3) is 3.12. The molecule has 146 valence electrons. The number of nitrogens with zero attached hydrogens (tertiary/aromatic N) is 1. The number of benzene rings is 3. The number of oxazole rings is 1. The number of hydrogen-bond acceptors (Lipinski definition) is 6. The molecule has 0 saturated heterocycles. The molecule has 0 fully saturated rings. The molecule has 0 radical (unpaired) electrons. The van der Waals surface area contributed by atoms with Crippen molar-refractivity contribution in [2.75, 3.05) is 24.4 Å². The van der Waals surface area contributed by atoms with Crippen LogP contribution in [-0.4, -0.2) is 18.3 Å². The highest BCUT2D eigenvalue weighted by atomic mass is 16.7. The van der Waals surface area contributed by atoms with Crippen LogP contribution in [0.15, 0.2) is 59.0 Å². The Kier molecular flexibility index (Phi) is 4.24. The molecule has 6 nitrogen and oxygen atoms in total. The summed E-state index contributed by atoms with van der Waals surface area (Å²) in [5, 5.41) is 3.41. The molecular formula is C23H21N3O3. The molecule has 5 rings (SSSR count). The number of nitrogen functional groups attached to an aromatic ring is 1. The highest BCUT2D eigenvalue weighted by Crippen LogP contribution is 2.42. The Balaban J connectivity index is 1.58. The van der Waals surface area contributed by atoms with Crippen LogP contribution in [0.2, 0.25) is 0 Å². The largest absolute Gasteiger partial charge is 0.454 e. The number of para-hydroxylation sites is 1. The maximum atomic E-state index is 6.05. The Bertz CT molecular complexity index is 1200. The van der Waals surface area contributed by atoms with Gasteiger partial charge in [0.1, 0.15) is 5.52 Å². The SMILES string of the molecule is CCCNc1ccc(N)cc1-c1nc2cc(-c3cccc4c3OCO4)ccc2o1. The Morgan fingerprint density at radius 1 is 1.03 bits per heavy atom. The van der Waals surface area contributed by atoms with Crippen molar-refractivity contribution in [2.24, 2.45) is 0 Å². The van der Waals surface area contributed by atoms with E-state index in [0.29, 0.717) is 11.6 Å². The second-order valence-corrected chi connectivity index (χ2v) is 6.97. The van der Waals surface area contributed by atoms with Crippen molar-refractivity contribution >= 4 is 22.5 Å². The molecule has 29 heavy (non-hydrogen) atoms. The smallest absolute Gasteiger partial charge is 0.231 e. The van der Waals surface area contributed by atoms with Crippen molar-refractivity contribution in [3.8, 4) is 34.1 Å². The minimum atomic E-state index is 0.242. The predicted octanol–water partition coefficient (Wildman–Crippen LogP) is 5.29. The predicted molar refractivity (Wildman–Crippen MR) is 114 cm³/mol. The van der Waals surface area contributed by atoms with Gasteiger partial charge in [0.2, 0.25) is 12.7 Å². The molecule has 0 bridgehead atoms. The molecule has 3 N–H and O–H groups in total. The van der Waals surface area contributed by atoms with Crippen molar-refractivity contribution < 1.29 is 13.9 Å². The van der Waals surface area contributed by atoms with Crippen LogP contribution in [-0.2, 0) is 0 Å². The van der Waals surface area contributed by atoms with E-state index < -0.39 is 0 Å². The summed E-state index contributed by atoms with van der Waals surface area (Å²) in [6.45, 7) is 3.23. The topological polar surface area (TPSA) is 82.5 Å². The molecule has 0 saturated carbocycles. The third-order valence-electron chi connectivity index (χ3n) is 4.93. The van der Waals surface area contributed by atoms with Gasteiger partial charge in [0.05, 0.1) is 5.56 Å². The second kappa shape index (κ2) is 7.05. The maximum absolute atomic E-state index is 6.05. The quantitative estimate of drug-likeness (QED) is 0.453. The van der Waals surface area contributed by atoms with Gasteiger partial charge in [0.15, 0.2) is 17.1 Å². The third-order valence-corrected chi connectivity index (χ3v) is 4.93. The van der Waals surface area contributed by atoms with E-state index >= 15 is 0 Å². The average Bonchev–Trinajstić information content (AvgIpc) is 3.38. The monoisotopic (exact) mass is 387 g/mol. The van der Waals surface area contributed by atoms with Crippen molar-refractivity contribution in [1.29, 1.82) is 0 Å². The van der Waals surface area contributed by atoms with E-state index in [-0.39, 0.29) is 6.79 Å². The number of nitrogens with one attached hydrogen (secondary N) is 1. The zero-order chi connectivity index (χ0) is 19.8. The van der Waals surface area contributed by atoms with Gasteiger partial charge in [-0.05, 0) is 48.4 Å².